The number of carbonyl (C=O) groups is 1. The Labute approximate surface area is 181 Å². The molecule has 30 heavy (non-hydrogen) atoms. The van der Waals surface area contributed by atoms with E-state index in [1.165, 1.54) is 0 Å². The first-order chi connectivity index (χ1) is 14.5. The third kappa shape index (κ3) is 4.66. The van der Waals surface area contributed by atoms with Gasteiger partial charge in [0.1, 0.15) is 11.5 Å². The minimum absolute atomic E-state index is 0.0476. The lowest BCUT2D eigenvalue weighted by molar-refractivity contribution is -0.136. The molecule has 4 nitrogen and oxygen atoms in total. The molecule has 0 amide bonds. The normalized spacial score (nSPS) is 10.5. The zero-order valence-electron chi connectivity index (χ0n) is 16.9. The molecule has 0 atom stereocenters. The SMILES string of the molecule is C=Cc1cc(-c2ccc(OC)c(Cl)c2)ccc1-c1ccc(OC)cc1CCC(=O)O. The van der Waals surface area contributed by atoms with Crippen molar-refractivity contribution in [3.8, 4) is 33.8 Å². The molecule has 0 saturated carbocycles. The number of methoxy groups -OCH3 is 2. The molecule has 154 valence electrons. The molecule has 0 aliphatic rings. The lowest BCUT2D eigenvalue weighted by atomic mass is 9.90. The Balaban J connectivity index is 2.06. The molecule has 0 heterocycles. The molecule has 0 unspecified atom stereocenters. The van der Waals surface area contributed by atoms with Gasteiger partial charge in [-0.3, -0.25) is 4.79 Å². The predicted molar refractivity (Wildman–Crippen MR) is 121 cm³/mol. The maximum Gasteiger partial charge on any atom is 0.303 e. The minimum Gasteiger partial charge on any atom is -0.497 e. The molecule has 3 aromatic rings. The van der Waals surface area contributed by atoms with E-state index < -0.39 is 5.97 Å². The van der Waals surface area contributed by atoms with Crippen LogP contribution >= 0.6 is 11.6 Å². The van der Waals surface area contributed by atoms with Gasteiger partial charge in [0.2, 0.25) is 0 Å². The van der Waals surface area contributed by atoms with Crippen molar-refractivity contribution in [1.29, 1.82) is 0 Å². The molecule has 3 aromatic carbocycles. The van der Waals surface area contributed by atoms with Crippen LogP contribution in [0, 0.1) is 0 Å². The number of rotatable bonds is 8. The van der Waals surface area contributed by atoms with Crippen LogP contribution in [0.3, 0.4) is 0 Å². The molecule has 0 fully saturated rings. The topological polar surface area (TPSA) is 55.8 Å². The predicted octanol–water partition coefficient (Wildman–Crippen LogP) is 6.35. The Morgan fingerprint density at radius 3 is 2.33 bits per heavy atom. The van der Waals surface area contributed by atoms with Crippen molar-refractivity contribution in [1.82, 2.24) is 0 Å². The van der Waals surface area contributed by atoms with E-state index in [9.17, 15) is 4.79 Å². The second-order valence-corrected chi connectivity index (χ2v) is 7.18. The largest absolute Gasteiger partial charge is 0.497 e. The lowest BCUT2D eigenvalue weighted by Crippen LogP contribution is -2.00. The number of carboxylic acid groups (broad SMARTS) is 1. The summed E-state index contributed by atoms with van der Waals surface area (Å²) in [5.74, 6) is 0.491. The summed E-state index contributed by atoms with van der Waals surface area (Å²) in [5, 5.41) is 9.67. The van der Waals surface area contributed by atoms with Crippen LogP contribution in [0.2, 0.25) is 5.02 Å². The summed E-state index contributed by atoms with van der Waals surface area (Å²) in [5.41, 5.74) is 5.78. The van der Waals surface area contributed by atoms with Gasteiger partial charge in [-0.25, -0.2) is 0 Å². The van der Waals surface area contributed by atoms with Crippen molar-refractivity contribution in [2.24, 2.45) is 0 Å². The highest BCUT2D eigenvalue weighted by atomic mass is 35.5. The molecule has 1 N–H and O–H groups in total. The third-order valence-corrected chi connectivity index (χ3v) is 5.26. The second-order valence-electron chi connectivity index (χ2n) is 6.77. The van der Waals surface area contributed by atoms with Gasteiger partial charge < -0.3 is 14.6 Å². The average molecular weight is 423 g/mol. The number of hydrogen-bond donors (Lipinski definition) is 1. The molecule has 0 aliphatic heterocycles. The third-order valence-electron chi connectivity index (χ3n) is 4.97. The lowest BCUT2D eigenvalue weighted by Gasteiger charge is -2.15. The number of carboxylic acids is 1. The Morgan fingerprint density at radius 1 is 1.00 bits per heavy atom. The second kappa shape index (κ2) is 9.51. The number of halogens is 1. The highest BCUT2D eigenvalue weighted by Crippen LogP contribution is 2.36. The summed E-state index contributed by atoms with van der Waals surface area (Å²) in [6.07, 6.45) is 2.26. The Morgan fingerprint density at radius 2 is 1.70 bits per heavy atom. The van der Waals surface area contributed by atoms with Gasteiger partial charge in [-0.15, -0.1) is 0 Å². The van der Waals surface area contributed by atoms with Gasteiger partial charge in [-0.05, 0) is 70.1 Å². The zero-order valence-corrected chi connectivity index (χ0v) is 17.7. The molecule has 0 spiro atoms. The summed E-state index contributed by atoms with van der Waals surface area (Å²) in [7, 11) is 3.18. The average Bonchev–Trinajstić information content (AvgIpc) is 2.77. The van der Waals surface area contributed by atoms with Crippen molar-refractivity contribution in [3.05, 3.63) is 77.3 Å². The van der Waals surface area contributed by atoms with E-state index in [0.717, 1.165) is 33.4 Å². The summed E-state index contributed by atoms with van der Waals surface area (Å²) < 4.78 is 10.6. The summed E-state index contributed by atoms with van der Waals surface area (Å²) in [6, 6.07) is 17.5. The van der Waals surface area contributed by atoms with Crippen LogP contribution in [0.4, 0.5) is 0 Å². The van der Waals surface area contributed by atoms with E-state index in [1.54, 1.807) is 20.3 Å². The molecule has 0 saturated heterocycles. The first kappa shape index (κ1) is 21.5. The van der Waals surface area contributed by atoms with E-state index in [-0.39, 0.29) is 6.42 Å². The van der Waals surface area contributed by atoms with E-state index in [0.29, 0.717) is 22.9 Å². The Hall–Kier alpha value is -3.24. The van der Waals surface area contributed by atoms with Gasteiger partial charge in [0.15, 0.2) is 0 Å². The van der Waals surface area contributed by atoms with Gasteiger partial charge in [0.25, 0.3) is 0 Å². The fourth-order valence-corrected chi connectivity index (χ4v) is 3.67. The number of benzene rings is 3. The van der Waals surface area contributed by atoms with Gasteiger partial charge in [-0.2, -0.15) is 0 Å². The van der Waals surface area contributed by atoms with Crippen LogP contribution in [-0.4, -0.2) is 25.3 Å². The van der Waals surface area contributed by atoms with E-state index >= 15 is 0 Å². The van der Waals surface area contributed by atoms with Crippen LogP contribution < -0.4 is 9.47 Å². The van der Waals surface area contributed by atoms with Crippen molar-refractivity contribution in [3.63, 3.8) is 0 Å². The summed E-state index contributed by atoms with van der Waals surface area (Å²) >= 11 is 6.28. The number of ether oxygens (including phenoxy) is 2. The molecule has 0 aromatic heterocycles. The molecular formula is C25H23ClO4. The summed E-state index contributed by atoms with van der Waals surface area (Å²) in [4.78, 5) is 11.1. The fraction of sp³-hybridized carbons (Fsp3) is 0.160. The molecule has 3 rings (SSSR count). The zero-order chi connectivity index (χ0) is 21.7. The van der Waals surface area contributed by atoms with Crippen LogP contribution in [-0.2, 0) is 11.2 Å². The molecular weight excluding hydrogens is 400 g/mol. The number of aryl methyl sites for hydroxylation is 1. The van der Waals surface area contributed by atoms with Crippen molar-refractivity contribution in [2.45, 2.75) is 12.8 Å². The highest BCUT2D eigenvalue weighted by molar-refractivity contribution is 6.32. The van der Waals surface area contributed by atoms with Crippen LogP contribution in [0.1, 0.15) is 17.5 Å². The molecule has 0 aliphatic carbocycles. The maximum atomic E-state index is 11.1. The molecule has 5 heteroatoms. The summed E-state index contributed by atoms with van der Waals surface area (Å²) in [6.45, 7) is 3.97. The number of hydrogen-bond acceptors (Lipinski definition) is 3. The fourth-order valence-electron chi connectivity index (χ4n) is 3.41. The first-order valence-electron chi connectivity index (χ1n) is 9.46. The van der Waals surface area contributed by atoms with Crippen LogP contribution in [0.25, 0.3) is 28.3 Å². The maximum absolute atomic E-state index is 11.1. The Bertz CT molecular complexity index is 1090. The Kier molecular flexibility index (Phi) is 6.80. The minimum atomic E-state index is -0.834. The standard InChI is InChI=1S/C25H23ClO4/c1-4-16-13-17(18-6-11-24(30-3)23(26)15-18)5-9-21(16)22-10-8-20(29-2)14-19(22)7-12-25(27)28/h4-6,8-11,13-15H,1,7,12H2,2-3H3,(H,27,28). The van der Waals surface area contributed by atoms with Crippen LogP contribution in [0.15, 0.2) is 61.2 Å². The van der Waals surface area contributed by atoms with E-state index in [4.69, 9.17) is 26.2 Å². The number of aliphatic carboxylic acids is 1. The van der Waals surface area contributed by atoms with Crippen LogP contribution in [0.5, 0.6) is 11.5 Å². The first-order valence-corrected chi connectivity index (χ1v) is 9.84. The van der Waals surface area contributed by atoms with Gasteiger partial charge in [0.05, 0.1) is 19.2 Å². The van der Waals surface area contributed by atoms with E-state index in [1.807, 2.05) is 54.6 Å². The molecule has 0 bridgehead atoms. The monoisotopic (exact) mass is 422 g/mol. The smallest absolute Gasteiger partial charge is 0.303 e. The van der Waals surface area contributed by atoms with Gasteiger partial charge in [-0.1, -0.05) is 48.5 Å². The van der Waals surface area contributed by atoms with Crippen molar-refractivity contribution < 1.29 is 19.4 Å². The van der Waals surface area contributed by atoms with Gasteiger partial charge >= 0.3 is 5.97 Å². The van der Waals surface area contributed by atoms with Crippen molar-refractivity contribution in [2.75, 3.05) is 14.2 Å². The van der Waals surface area contributed by atoms with Gasteiger partial charge in [0, 0.05) is 6.42 Å². The van der Waals surface area contributed by atoms with E-state index in [2.05, 4.69) is 6.58 Å². The molecule has 0 radical (unpaired) electrons. The van der Waals surface area contributed by atoms with Crippen molar-refractivity contribution >= 4 is 23.6 Å². The highest BCUT2D eigenvalue weighted by Gasteiger charge is 2.13. The quantitative estimate of drug-likeness (QED) is 0.459.